The second-order valence-corrected chi connectivity index (χ2v) is 6.82. The lowest BCUT2D eigenvalue weighted by Crippen LogP contribution is -2.52. The summed E-state index contributed by atoms with van der Waals surface area (Å²) in [6.45, 7) is 6.61. The fraction of sp³-hybridized carbons (Fsp3) is 0.500. The number of rotatable bonds is 6. The van der Waals surface area contributed by atoms with Crippen LogP contribution in [-0.2, 0) is 25.5 Å². The Balaban J connectivity index is 2.89. The maximum Gasteiger partial charge on any atom is 0.408 e. The Labute approximate surface area is 152 Å². The number of carbonyl (C=O) groups is 3. The first-order valence-corrected chi connectivity index (χ1v) is 8.17. The Morgan fingerprint density at radius 2 is 1.69 bits per heavy atom. The largest absolute Gasteiger partial charge is 0.508 e. The van der Waals surface area contributed by atoms with Gasteiger partial charge in [0, 0.05) is 6.42 Å². The second-order valence-electron chi connectivity index (χ2n) is 6.82. The van der Waals surface area contributed by atoms with Crippen LogP contribution in [0.4, 0.5) is 4.79 Å². The van der Waals surface area contributed by atoms with Gasteiger partial charge in [0.1, 0.15) is 23.4 Å². The number of aromatic hydroxyl groups is 1. The van der Waals surface area contributed by atoms with Crippen LogP contribution in [0.5, 0.6) is 5.75 Å². The smallest absolute Gasteiger partial charge is 0.408 e. The van der Waals surface area contributed by atoms with E-state index in [4.69, 9.17) is 4.74 Å². The van der Waals surface area contributed by atoms with E-state index in [0.29, 0.717) is 5.56 Å². The SMILES string of the molecule is COC(=O)[C@H](C)NC(=O)[C@@H](Cc1ccc(O)cc1)NC(=O)OC(C)(C)C. The van der Waals surface area contributed by atoms with Crippen molar-refractivity contribution in [1.29, 1.82) is 0 Å². The van der Waals surface area contributed by atoms with Gasteiger partial charge in [-0.2, -0.15) is 0 Å². The van der Waals surface area contributed by atoms with Crippen LogP contribution in [0.15, 0.2) is 24.3 Å². The van der Waals surface area contributed by atoms with Crippen LogP contribution in [0.2, 0.25) is 0 Å². The van der Waals surface area contributed by atoms with Crippen LogP contribution in [0, 0.1) is 0 Å². The van der Waals surface area contributed by atoms with Gasteiger partial charge in [0.15, 0.2) is 0 Å². The van der Waals surface area contributed by atoms with Gasteiger partial charge in [-0.05, 0) is 45.4 Å². The predicted octanol–water partition coefficient (Wildman–Crippen LogP) is 1.51. The zero-order chi connectivity index (χ0) is 19.9. The molecule has 0 bridgehead atoms. The standard InChI is InChI=1S/C18H26N2O6/c1-11(16(23)25-5)19-15(22)14(20-17(24)26-18(2,3)4)10-12-6-8-13(21)9-7-12/h6-9,11,14,21H,10H2,1-5H3,(H,19,22)(H,20,24)/t11-,14+/m0/s1. The maximum absolute atomic E-state index is 12.5. The van der Waals surface area contributed by atoms with Gasteiger partial charge in [-0.15, -0.1) is 0 Å². The molecule has 0 aliphatic rings. The molecule has 1 rings (SSSR count). The molecule has 0 spiro atoms. The van der Waals surface area contributed by atoms with Gasteiger partial charge >= 0.3 is 12.1 Å². The molecule has 1 aromatic carbocycles. The van der Waals surface area contributed by atoms with Crippen molar-refractivity contribution in [3.05, 3.63) is 29.8 Å². The van der Waals surface area contributed by atoms with Gasteiger partial charge in [-0.25, -0.2) is 9.59 Å². The number of esters is 1. The Morgan fingerprint density at radius 1 is 1.12 bits per heavy atom. The second kappa shape index (κ2) is 9.07. The molecule has 8 heteroatoms. The molecule has 8 nitrogen and oxygen atoms in total. The summed E-state index contributed by atoms with van der Waals surface area (Å²) in [6, 6.07) is 4.40. The summed E-state index contributed by atoms with van der Waals surface area (Å²) < 4.78 is 9.76. The summed E-state index contributed by atoms with van der Waals surface area (Å²) in [4.78, 5) is 36.1. The third-order valence-electron chi connectivity index (χ3n) is 3.30. The molecule has 0 saturated carbocycles. The number of amides is 2. The highest BCUT2D eigenvalue weighted by Crippen LogP contribution is 2.12. The number of hydrogen-bond acceptors (Lipinski definition) is 6. The number of benzene rings is 1. The normalized spacial score (nSPS) is 13.3. The topological polar surface area (TPSA) is 114 Å². The van der Waals surface area contributed by atoms with Crippen LogP contribution < -0.4 is 10.6 Å². The van der Waals surface area contributed by atoms with E-state index in [1.165, 1.54) is 26.2 Å². The molecule has 3 N–H and O–H groups in total. The van der Waals surface area contributed by atoms with Crippen molar-refractivity contribution in [1.82, 2.24) is 10.6 Å². The minimum absolute atomic E-state index is 0.0918. The number of phenolic OH excluding ortho intramolecular Hbond substituents is 1. The number of phenols is 1. The predicted molar refractivity (Wildman–Crippen MR) is 94.6 cm³/mol. The van der Waals surface area contributed by atoms with E-state index in [-0.39, 0.29) is 12.2 Å². The molecule has 0 aromatic heterocycles. The van der Waals surface area contributed by atoms with Crippen molar-refractivity contribution >= 4 is 18.0 Å². The van der Waals surface area contributed by atoms with Crippen molar-refractivity contribution in [2.75, 3.05) is 7.11 Å². The summed E-state index contributed by atoms with van der Waals surface area (Å²) >= 11 is 0. The first-order valence-electron chi connectivity index (χ1n) is 8.17. The number of nitrogens with one attached hydrogen (secondary N) is 2. The first kappa shape index (κ1) is 21.3. The molecule has 0 heterocycles. The van der Waals surface area contributed by atoms with E-state index in [9.17, 15) is 19.5 Å². The Hall–Kier alpha value is -2.77. The molecule has 1 aromatic rings. The van der Waals surface area contributed by atoms with Crippen molar-refractivity contribution in [2.45, 2.75) is 51.8 Å². The summed E-state index contributed by atoms with van der Waals surface area (Å²) in [5.41, 5.74) is -0.00658. The number of methoxy groups -OCH3 is 1. The molecule has 0 radical (unpaired) electrons. The highest BCUT2D eigenvalue weighted by molar-refractivity contribution is 5.89. The lowest BCUT2D eigenvalue weighted by Gasteiger charge is -2.24. The van der Waals surface area contributed by atoms with Gasteiger partial charge in [-0.1, -0.05) is 12.1 Å². The van der Waals surface area contributed by atoms with Gasteiger partial charge in [0.2, 0.25) is 5.91 Å². The average Bonchev–Trinajstić information content (AvgIpc) is 2.53. The molecule has 0 aliphatic heterocycles. The van der Waals surface area contributed by atoms with Crippen LogP contribution >= 0.6 is 0 Å². The molecular formula is C18H26N2O6. The van der Waals surface area contributed by atoms with Gasteiger partial charge in [0.05, 0.1) is 7.11 Å². The van der Waals surface area contributed by atoms with E-state index >= 15 is 0 Å². The third kappa shape index (κ3) is 7.42. The van der Waals surface area contributed by atoms with E-state index in [1.54, 1.807) is 32.9 Å². The molecule has 2 amide bonds. The monoisotopic (exact) mass is 366 g/mol. The Kier molecular flexibility index (Phi) is 7.42. The highest BCUT2D eigenvalue weighted by atomic mass is 16.6. The van der Waals surface area contributed by atoms with Crippen molar-refractivity contribution < 1.29 is 29.0 Å². The number of hydrogen-bond donors (Lipinski definition) is 3. The van der Waals surface area contributed by atoms with Gasteiger partial charge < -0.3 is 25.2 Å². The van der Waals surface area contributed by atoms with Crippen molar-refractivity contribution in [2.24, 2.45) is 0 Å². The van der Waals surface area contributed by atoms with E-state index in [0.717, 1.165) is 0 Å². The summed E-state index contributed by atoms with van der Waals surface area (Å²) in [5, 5.41) is 14.4. The number of alkyl carbamates (subject to hydrolysis) is 1. The van der Waals surface area contributed by atoms with Gasteiger partial charge in [-0.3, -0.25) is 4.79 Å². The Bertz CT molecular complexity index is 636. The van der Waals surface area contributed by atoms with Crippen LogP contribution in [0.1, 0.15) is 33.3 Å². The molecule has 0 aliphatic carbocycles. The van der Waals surface area contributed by atoms with Gasteiger partial charge in [0.25, 0.3) is 0 Å². The average molecular weight is 366 g/mol. The van der Waals surface area contributed by atoms with Crippen LogP contribution in [0.25, 0.3) is 0 Å². The summed E-state index contributed by atoms with van der Waals surface area (Å²) in [7, 11) is 1.22. The van der Waals surface area contributed by atoms with Crippen molar-refractivity contribution in [3.63, 3.8) is 0 Å². The summed E-state index contributed by atoms with van der Waals surface area (Å²) in [5.74, 6) is -1.06. The highest BCUT2D eigenvalue weighted by Gasteiger charge is 2.27. The molecule has 0 fully saturated rings. The molecule has 0 saturated heterocycles. The zero-order valence-electron chi connectivity index (χ0n) is 15.7. The lowest BCUT2D eigenvalue weighted by molar-refractivity contribution is -0.144. The summed E-state index contributed by atoms with van der Waals surface area (Å²) in [6.07, 6.45) is -0.596. The fourth-order valence-corrected chi connectivity index (χ4v) is 2.08. The minimum atomic E-state index is -0.971. The zero-order valence-corrected chi connectivity index (χ0v) is 15.7. The van der Waals surface area contributed by atoms with Crippen molar-refractivity contribution in [3.8, 4) is 5.75 Å². The Morgan fingerprint density at radius 3 is 2.19 bits per heavy atom. The van der Waals surface area contributed by atoms with Crippen LogP contribution in [0.3, 0.4) is 0 Å². The molecule has 144 valence electrons. The van der Waals surface area contributed by atoms with E-state index < -0.39 is 35.7 Å². The molecule has 26 heavy (non-hydrogen) atoms. The maximum atomic E-state index is 12.5. The lowest BCUT2D eigenvalue weighted by atomic mass is 10.0. The molecular weight excluding hydrogens is 340 g/mol. The molecule has 2 atom stereocenters. The number of carbonyl (C=O) groups excluding carboxylic acids is 3. The van der Waals surface area contributed by atoms with E-state index in [2.05, 4.69) is 15.4 Å². The van der Waals surface area contributed by atoms with Crippen LogP contribution in [-0.4, -0.2) is 47.9 Å². The van der Waals surface area contributed by atoms with E-state index in [1.807, 2.05) is 0 Å². The quantitative estimate of drug-likeness (QED) is 0.658. The third-order valence-corrected chi connectivity index (χ3v) is 3.30. The molecule has 0 unspecified atom stereocenters. The fourth-order valence-electron chi connectivity index (χ4n) is 2.08. The number of ether oxygens (including phenoxy) is 2. The first-order chi connectivity index (χ1) is 12.0. The minimum Gasteiger partial charge on any atom is -0.508 e.